The predicted molar refractivity (Wildman–Crippen MR) is 143 cm³/mol. The summed E-state index contributed by atoms with van der Waals surface area (Å²) < 4.78 is 60.9. The fraction of sp³-hybridized carbons (Fsp3) is 0.321. The molecule has 8 nitrogen and oxygen atoms in total. The SMILES string of the molecule is CCOc1cc(=O)[nH]cc1-c1ccc(CC(=O)Nc2cc(C(=O)NCCCN(C)C)cc(C(F)(F)F)c2)c(F)c1. The zero-order valence-corrected chi connectivity index (χ0v) is 22.2. The second-order valence-electron chi connectivity index (χ2n) is 9.25. The van der Waals surface area contributed by atoms with Crippen molar-refractivity contribution in [1.29, 1.82) is 0 Å². The highest BCUT2D eigenvalue weighted by molar-refractivity contribution is 5.98. The lowest BCUT2D eigenvalue weighted by Crippen LogP contribution is -2.27. The molecule has 1 aromatic heterocycles. The number of halogens is 4. The molecule has 0 aliphatic rings. The van der Waals surface area contributed by atoms with E-state index < -0.39 is 35.8 Å². The van der Waals surface area contributed by atoms with Gasteiger partial charge in [0.15, 0.2) is 0 Å². The third kappa shape index (κ3) is 8.40. The number of H-pyrrole nitrogens is 1. The molecule has 0 saturated carbocycles. The van der Waals surface area contributed by atoms with E-state index in [-0.39, 0.29) is 41.3 Å². The molecule has 2 aromatic carbocycles. The third-order valence-corrected chi connectivity index (χ3v) is 5.78. The number of carbonyl (C=O) groups is 2. The van der Waals surface area contributed by atoms with Gasteiger partial charge in [-0.3, -0.25) is 14.4 Å². The van der Waals surface area contributed by atoms with E-state index in [0.29, 0.717) is 36.2 Å². The number of hydrogen-bond donors (Lipinski definition) is 3. The number of amides is 2. The molecule has 0 atom stereocenters. The van der Waals surface area contributed by atoms with Crippen LogP contribution in [0.15, 0.2) is 53.5 Å². The van der Waals surface area contributed by atoms with Crippen LogP contribution in [0.2, 0.25) is 0 Å². The highest BCUT2D eigenvalue weighted by atomic mass is 19.4. The first-order valence-electron chi connectivity index (χ1n) is 12.5. The number of carbonyl (C=O) groups excluding carboxylic acids is 2. The number of pyridine rings is 1. The lowest BCUT2D eigenvalue weighted by atomic mass is 10.0. The number of nitrogens with one attached hydrogen (secondary N) is 3. The summed E-state index contributed by atoms with van der Waals surface area (Å²) >= 11 is 0. The van der Waals surface area contributed by atoms with Crippen molar-refractivity contribution in [1.82, 2.24) is 15.2 Å². The Kier molecular flexibility index (Phi) is 10.1. The first kappa shape index (κ1) is 30.4. The molecule has 1 heterocycles. The monoisotopic (exact) mass is 562 g/mol. The molecular formula is C28H30F4N4O4. The van der Waals surface area contributed by atoms with E-state index in [0.717, 1.165) is 6.07 Å². The van der Waals surface area contributed by atoms with E-state index in [2.05, 4.69) is 15.6 Å². The van der Waals surface area contributed by atoms with Gasteiger partial charge in [-0.2, -0.15) is 13.2 Å². The molecule has 2 amide bonds. The summed E-state index contributed by atoms with van der Waals surface area (Å²) in [6.45, 7) is 2.96. The number of anilines is 1. The quantitative estimate of drug-likeness (QED) is 0.237. The predicted octanol–water partition coefficient (Wildman–Crippen LogP) is 4.46. The summed E-state index contributed by atoms with van der Waals surface area (Å²) in [5.41, 5.74) is -1.19. The minimum absolute atomic E-state index is 0.00512. The summed E-state index contributed by atoms with van der Waals surface area (Å²) in [6, 6.07) is 7.87. The molecule has 214 valence electrons. The van der Waals surface area contributed by atoms with Gasteiger partial charge in [0.1, 0.15) is 11.6 Å². The maximum atomic E-state index is 14.9. The van der Waals surface area contributed by atoms with Crippen LogP contribution in [-0.4, -0.2) is 55.5 Å². The van der Waals surface area contributed by atoms with Crippen molar-refractivity contribution in [2.75, 3.05) is 39.1 Å². The van der Waals surface area contributed by atoms with E-state index in [1.165, 1.54) is 30.5 Å². The molecule has 0 spiro atoms. The van der Waals surface area contributed by atoms with Crippen molar-refractivity contribution in [3.05, 3.63) is 81.5 Å². The van der Waals surface area contributed by atoms with Crippen LogP contribution in [0.3, 0.4) is 0 Å². The summed E-state index contributed by atoms with van der Waals surface area (Å²) in [6.07, 6.45) is -3.25. The number of aromatic nitrogens is 1. The van der Waals surface area contributed by atoms with Crippen LogP contribution in [0.1, 0.15) is 34.8 Å². The van der Waals surface area contributed by atoms with Gasteiger partial charge in [0.2, 0.25) is 5.91 Å². The number of rotatable bonds is 11. The number of nitrogens with zero attached hydrogens (tertiary/aromatic N) is 1. The van der Waals surface area contributed by atoms with Gasteiger partial charge < -0.3 is 25.3 Å². The van der Waals surface area contributed by atoms with Crippen molar-refractivity contribution in [3.8, 4) is 16.9 Å². The Labute approximate surface area is 228 Å². The molecular weight excluding hydrogens is 532 g/mol. The molecule has 0 saturated heterocycles. The standard InChI is InChI=1S/C28H30F4N4O4/c1-4-40-24-15-25(37)34-16-22(24)17-6-7-18(23(29)12-17)13-26(38)35-21-11-19(10-20(14-21)28(30,31)32)27(39)33-8-5-9-36(2)3/h6-7,10-12,14-16H,4-5,8-9,13H2,1-3H3,(H,33,39)(H,34,37)(H,35,38). The summed E-state index contributed by atoms with van der Waals surface area (Å²) in [4.78, 5) is 41.2. The summed E-state index contributed by atoms with van der Waals surface area (Å²) in [5.74, 6) is -1.96. The van der Waals surface area contributed by atoms with E-state index in [1.807, 2.05) is 19.0 Å². The van der Waals surface area contributed by atoms with Gasteiger partial charge in [-0.15, -0.1) is 0 Å². The molecule has 12 heteroatoms. The van der Waals surface area contributed by atoms with Gasteiger partial charge in [0, 0.05) is 35.6 Å². The minimum atomic E-state index is -4.76. The van der Waals surface area contributed by atoms with Gasteiger partial charge >= 0.3 is 6.18 Å². The Hall–Kier alpha value is -4.19. The summed E-state index contributed by atoms with van der Waals surface area (Å²) in [5, 5.41) is 4.90. The Morgan fingerprint density at radius 1 is 1.07 bits per heavy atom. The Morgan fingerprint density at radius 2 is 1.82 bits per heavy atom. The van der Waals surface area contributed by atoms with Crippen molar-refractivity contribution >= 4 is 17.5 Å². The Balaban J connectivity index is 1.77. The number of hydrogen-bond acceptors (Lipinski definition) is 5. The Morgan fingerprint density at radius 3 is 2.48 bits per heavy atom. The van der Waals surface area contributed by atoms with E-state index in [1.54, 1.807) is 6.92 Å². The van der Waals surface area contributed by atoms with E-state index in [4.69, 9.17) is 4.74 Å². The van der Waals surface area contributed by atoms with E-state index in [9.17, 15) is 31.9 Å². The first-order chi connectivity index (χ1) is 18.9. The fourth-order valence-electron chi connectivity index (χ4n) is 3.88. The number of ether oxygens (including phenoxy) is 1. The zero-order valence-electron chi connectivity index (χ0n) is 22.2. The lowest BCUT2D eigenvalue weighted by molar-refractivity contribution is -0.137. The zero-order chi connectivity index (χ0) is 29.4. The van der Waals surface area contributed by atoms with Crippen molar-refractivity contribution < 1.29 is 31.9 Å². The normalized spacial score (nSPS) is 11.4. The maximum Gasteiger partial charge on any atom is 0.416 e. The molecule has 3 aromatic rings. The highest BCUT2D eigenvalue weighted by Crippen LogP contribution is 2.32. The average molecular weight is 563 g/mol. The van der Waals surface area contributed by atoms with Gasteiger partial charge in [-0.25, -0.2) is 4.39 Å². The van der Waals surface area contributed by atoms with Crippen molar-refractivity contribution in [3.63, 3.8) is 0 Å². The average Bonchev–Trinajstić information content (AvgIpc) is 2.87. The second-order valence-corrected chi connectivity index (χ2v) is 9.25. The topological polar surface area (TPSA) is 104 Å². The van der Waals surface area contributed by atoms with Crippen LogP contribution in [0.25, 0.3) is 11.1 Å². The molecule has 0 aliphatic heterocycles. The lowest BCUT2D eigenvalue weighted by Gasteiger charge is -2.14. The second kappa shape index (κ2) is 13.2. The molecule has 0 bridgehead atoms. The first-order valence-corrected chi connectivity index (χ1v) is 12.5. The molecule has 3 rings (SSSR count). The van der Waals surface area contributed by atoms with Crippen LogP contribution < -0.4 is 20.9 Å². The van der Waals surface area contributed by atoms with Gasteiger partial charge in [0.05, 0.1) is 18.6 Å². The van der Waals surface area contributed by atoms with Gasteiger partial charge in [0.25, 0.3) is 11.5 Å². The number of benzene rings is 2. The smallest absolute Gasteiger partial charge is 0.416 e. The van der Waals surface area contributed by atoms with Crippen molar-refractivity contribution in [2.45, 2.75) is 25.9 Å². The highest BCUT2D eigenvalue weighted by Gasteiger charge is 2.32. The van der Waals surface area contributed by atoms with Crippen molar-refractivity contribution in [2.24, 2.45) is 0 Å². The van der Waals surface area contributed by atoms with Crippen LogP contribution >= 0.6 is 0 Å². The third-order valence-electron chi connectivity index (χ3n) is 5.78. The molecule has 40 heavy (non-hydrogen) atoms. The maximum absolute atomic E-state index is 14.9. The molecule has 0 unspecified atom stereocenters. The fourth-order valence-corrected chi connectivity index (χ4v) is 3.88. The van der Waals surface area contributed by atoms with E-state index >= 15 is 0 Å². The summed E-state index contributed by atoms with van der Waals surface area (Å²) in [7, 11) is 3.71. The van der Waals surface area contributed by atoms with Gasteiger partial charge in [-0.1, -0.05) is 12.1 Å². The molecule has 0 radical (unpaired) electrons. The molecule has 0 fully saturated rings. The molecule has 3 N–H and O–H groups in total. The number of aromatic amines is 1. The van der Waals surface area contributed by atoms with Crippen LogP contribution in [0.5, 0.6) is 5.75 Å². The minimum Gasteiger partial charge on any atom is -0.493 e. The van der Waals surface area contributed by atoms with Crippen LogP contribution in [0.4, 0.5) is 23.2 Å². The number of alkyl halides is 3. The Bertz CT molecular complexity index is 1420. The van der Waals surface area contributed by atoms with Gasteiger partial charge in [-0.05, 0) is 69.4 Å². The van der Waals surface area contributed by atoms with Crippen LogP contribution in [0, 0.1) is 5.82 Å². The van der Waals surface area contributed by atoms with Crippen LogP contribution in [-0.2, 0) is 17.4 Å². The molecule has 0 aliphatic carbocycles. The largest absolute Gasteiger partial charge is 0.493 e.